The molecule has 0 aromatic rings. The van der Waals surface area contributed by atoms with Crippen LogP contribution in [0.15, 0.2) is 12.7 Å². The van der Waals surface area contributed by atoms with Crippen LogP contribution < -0.4 is 0 Å². The molecular formula is C9H17NO2. The Labute approximate surface area is 73.7 Å². The predicted molar refractivity (Wildman–Crippen MR) is 48.7 cm³/mol. The lowest BCUT2D eigenvalue weighted by atomic mass is 10.0. The number of aliphatic hydroxyl groups is 1. The van der Waals surface area contributed by atoms with Crippen molar-refractivity contribution in [2.24, 2.45) is 5.92 Å². The van der Waals surface area contributed by atoms with E-state index >= 15 is 0 Å². The van der Waals surface area contributed by atoms with Gasteiger partial charge in [0.2, 0.25) is 5.91 Å². The molecule has 1 N–H and O–H groups in total. The quantitative estimate of drug-likeness (QED) is 0.617. The first-order valence-corrected chi connectivity index (χ1v) is 4.05. The van der Waals surface area contributed by atoms with Crippen LogP contribution in [0.2, 0.25) is 0 Å². The fourth-order valence-corrected chi connectivity index (χ4v) is 0.876. The Bertz CT molecular complexity index is 155. The highest BCUT2D eigenvalue weighted by Crippen LogP contribution is 2.09. The molecule has 0 aliphatic rings. The van der Waals surface area contributed by atoms with E-state index in [0.29, 0.717) is 12.8 Å². The molecule has 0 heterocycles. The first-order valence-electron chi connectivity index (χ1n) is 4.05. The topological polar surface area (TPSA) is 40.5 Å². The average molecular weight is 171 g/mol. The third-order valence-electron chi connectivity index (χ3n) is 1.77. The molecule has 0 spiro atoms. The van der Waals surface area contributed by atoms with Gasteiger partial charge in [-0.1, -0.05) is 6.08 Å². The summed E-state index contributed by atoms with van der Waals surface area (Å²) in [6.45, 7) is 3.72. The van der Waals surface area contributed by atoms with Gasteiger partial charge in [0.25, 0.3) is 0 Å². The van der Waals surface area contributed by atoms with E-state index in [1.165, 1.54) is 0 Å². The highest BCUT2D eigenvalue weighted by Gasteiger charge is 2.10. The Balaban J connectivity index is 3.85. The summed E-state index contributed by atoms with van der Waals surface area (Å²) in [4.78, 5) is 12.7. The molecule has 3 heteroatoms. The maximum Gasteiger partial charge on any atom is 0.222 e. The second-order valence-electron chi connectivity index (χ2n) is 3.00. The summed E-state index contributed by atoms with van der Waals surface area (Å²) >= 11 is 0. The number of allylic oxidation sites excluding steroid dienone is 1. The van der Waals surface area contributed by atoms with Gasteiger partial charge in [0.1, 0.15) is 0 Å². The molecule has 12 heavy (non-hydrogen) atoms. The molecule has 1 unspecified atom stereocenters. The van der Waals surface area contributed by atoms with E-state index in [1.54, 1.807) is 25.1 Å². The molecule has 0 saturated carbocycles. The van der Waals surface area contributed by atoms with Crippen molar-refractivity contribution in [2.75, 3.05) is 20.7 Å². The first kappa shape index (κ1) is 11.2. The smallest absolute Gasteiger partial charge is 0.222 e. The molecule has 0 radical (unpaired) electrons. The number of nitrogens with zero attached hydrogens (tertiary/aromatic N) is 1. The Morgan fingerprint density at radius 3 is 2.58 bits per heavy atom. The minimum atomic E-state index is 0.0772. The summed E-state index contributed by atoms with van der Waals surface area (Å²) in [7, 11) is 3.45. The molecule has 0 aliphatic carbocycles. The summed E-state index contributed by atoms with van der Waals surface area (Å²) in [5.41, 5.74) is 0. The van der Waals surface area contributed by atoms with E-state index in [9.17, 15) is 4.79 Å². The zero-order chi connectivity index (χ0) is 9.56. The maximum atomic E-state index is 11.2. The number of aliphatic hydroxyl groups excluding tert-OH is 1. The van der Waals surface area contributed by atoms with Crippen molar-refractivity contribution >= 4 is 5.91 Å². The standard InChI is InChI=1S/C9H17NO2/c1-4-8(5-6-11)7-9(12)10(2)3/h4,8,11H,1,5-7H2,2-3H3. The van der Waals surface area contributed by atoms with Crippen LogP contribution in [0.3, 0.4) is 0 Å². The molecule has 0 saturated heterocycles. The van der Waals surface area contributed by atoms with E-state index in [1.807, 2.05) is 0 Å². The number of carbonyl (C=O) groups excluding carboxylic acids is 1. The van der Waals surface area contributed by atoms with Crippen LogP contribution in [-0.4, -0.2) is 36.6 Å². The van der Waals surface area contributed by atoms with Gasteiger partial charge in [-0.3, -0.25) is 4.79 Å². The van der Waals surface area contributed by atoms with Crippen LogP contribution in [0.1, 0.15) is 12.8 Å². The van der Waals surface area contributed by atoms with E-state index in [0.717, 1.165) is 0 Å². The molecule has 0 rings (SSSR count). The Hall–Kier alpha value is -0.830. The molecule has 0 bridgehead atoms. The summed E-state index contributed by atoms with van der Waals surface area (Å²) in [5, 5.41) is 8.65. The van der Waals surface area contributed by atoms with Gasteiger partial charge in [-0.2, -0.15) is 0 Å². The number of hydrogen-bond acceptors (Lipinski definition) is 2. The second-order valence-corrected chi connectivity index (χ2v) is 3.00. The van der Waals surface area contributed by atoms with Crippen molar-refractivity contribution in [2.45, 2.75) is 12.8 Å². The Morgan fingerprint density at radius 2 is 2.25 bits per heavy atom. The number of carbonyl (C=O) groups is 1. The summed E-state index contributed by atoms with van der Waals surface area (Å²) in [5.74, 6) is 0.179. The molecule has 0 aromatic heterocycles. The van der Waals surface area contributed by atoms with E-state index < -0.39 is 0 Å². The van der Waals surface area contributed by atoms with Gasteiger partial charge in [-0.05, 0) is 12.3 Å². The van der Waals surface area contributed by atoms with Gasteiger partial charge in [0.05, 0.1) is 0 Å². The lowest BCUT2D eigenvalue weighted by Gasteiger charge is -2.14. The number of amides is 1. The zero-order valence-electron chi connectivity index (χ0n) is 7.79. The van der Waals surface area contributed by atoms with Crippen LogP contribution in [0.5, 0.6) is 0 Å². The van der Waals surface area contributed by atoms with Crippen LogP contribution >= 0.6 is 0 Å². The summed E-state index contributed by atoms with van der Waals surface area (Å²) in [6, 6.07) is 0. The van der Waals surface area contributed by atoms with E-state index in [4.69, 9.17) is 5.11 Å². The molecule has 0 aromatic carbocycles. The summed E-state index contributed by atoms with van der Waals surface area (Å²) in [6.07, 6.45) is 2.78. The van der Waals surface area contributed by atoms with Crippen molar-refractivity contribution in [3.8, 4) is 0 Å². The minimum Gasteiger partial charge on any atom is -0.396 e. The van der Waals surface area contributed by atoms with Gasteiger partial charge < -0.3 is 10.0 Å². The lowest BCUT2D eigenvalue weighted by molar-refractivity contribution is -0.129. The van der Waals surface area contributed by atoms with E-state index in [2.05, 4.69) is 6.58 Å². The van der Waals surface area contributed by atoms with Crippen molar-refractivity contribution in [1.82, 2.24) is 4.90 Å². The molecule has 1 atom stereocenters. The first-order chi connectivity index (χ1) is 5.61. The second kappa shape index (κ2) is 5.77. The molecule has 3 nitrogen and oxygen atoms in total. The van der Waals surface area contributed by atoms with Gasteiger partial charge >= 0.3 is 0 Å². The monoisotopic (exact) mass is 171 g/mol. The average Bonchev–Trinajstić information content (AvgIpc) is 2.03. The van der Waals surface area contributed by atoms with Crippen LogP contribution in [-0.2, 0) is 4.79 Å². The fourth-order valence-electron chi connectivity index (χ4n) is 0.876. The predicted octanol–water partition coefficient (Wildman–Crippen LogP) is 0.649. The molecule has 0 aliphatic heterocycles. The fraction of sp³-hybridized carbons (Fsp3) is 0.667. The van der Waals surface area contributed by atoms with Gasteiger partial charge in [0.15, 0.2) is 0 Å². The van der Waals surface area contributed by atoms with Crippen LogP contribution in [0, 0.1) is 5.92 Å². The van der Waals surface area contributed by atoms with Gasteiger partial charge in [-0.15, -0.1) is 6.58 Å². The third kappa shape index (κ3) is 4.13. The molecule has 1 amide bonds. The lowest BCUT2D eigenvalue weighted by Crippen LogP contribution is -2.24. The molecule has 70 valence electrons. The molecule has 0 fully saturated rings. The van der Waals surface area contributed by atoms with Crippen molar-refractivity contribution in [1.29, 1.82) is 0 Å². The Morgan fingerprint density at radius 1 is 1.67 bits per heavy atom. The van der Waals surface area contributed by atoms with Crippen LogP contribution in [0.25, 0.3) is 0 Å². The van der Waals surface area contributed by atoms with Crippen LogP contribution in [0.4, 0.5) is 0 Å². The number of rotatable bonds is 5. The third-order valence-corrected chi connectivity index (χ3v) is 1.77. The van der Waals surface area contributed by atoms with Crippen molar-refractivity contribution in [3.05, 3.63) is 12.7 Å². The maximum absolute atomic E-state index is 11.2. The SMILES string of the molecule is C=CC(CCO)CC(=O)N(C)C. The largest absolute Gasteiger partial charge is 0.396 e. The summed E-state index contributed by atoms with van der Waals surface area (Å²) < 4.78 is 0. The highest BCUT2D eigenvalue weighted by molar-refractivity contribution is 5.75. The van der Waals surface area contributed by atoms with Gasteiger partial charge in [0, 0.05) is 27.1 Å². The highest BCUT2D eigenvalue weighted by atomic mass is 16.3. The van der Waals surface area contributed by atoms with Crippen molar-refractivity contribution < 1.29 is 9.90 Å². The van der Waals surface area contributed by atoms with Gasteiger partial charge in [-0.25, -0.2) is 0 Å². The zero-order valence-corrected chi connectivity index (χ0v) is 7.79. The van der Waals surface area contributed by atoms with E-state index in [-0.39, 0.29) is 18.4 Å². The molecular weight excluding hydrogens is 154 g/mol. The number of hydrogen-bond donors (Lipinski definition) is 1. The Kier molecular flexibility index (Phi) is 5.37. The normalized spacial score (nSPS) is 12.2. The minimum absolute atomic E-state index is 0.0772. The van der Waals surface area contributed by atoms with Crippen molar-refractivity contribution in [3.63, 3.8) is 0 Å².